The molecule has 1 N–H and O–H groups in total. The molecule has 0 bridgehead atoms. The molecule has 0 unspecified atom stereocenters. The largest absolute Gasteiger partial charge is 0.352 e. The molecule has 10 heteroatoms. The molecule has 0 fully saturated rings. The van der Waals surface area contributed by atoms with Gasteiger partial charge >= 0.3 is 0 Å². The average Bonchev–Trinajstić information content (AvgIpc) is 2.90. The van der Waals surface area contributed by atoms with Crippen molar-refractivity contribution < 1.29 is 18.0 Å². The maximum absolute atomic E-state index is 14.0. The normalized spacial score (nSPS) is 12.8. The van der Waals surface area contributed by atoms with Crippen LogP contribution in [-0.4, -0.2) is 50.0 Å². The first-order valence-electron chi connectivity index (χ1n) is 12.6. The molecule has 2 atom stereocenters. The van der Waals surface area contributed by atoms with Crippen molar-refractivity contribution in [3.63, 3.8) is 0 Å². The fourth-order valence-electron chi connectivity index (χ4n) is 4.03. The summed E-state index contributed by atoms with van der Waals surface area (Å²) in [6, 6.07) is 22.2. The van der Waals surface area contributed by atoms with Gasteiger partial charge in [0.25, 0.3) is 0 Å². The van der Waals surface area contributed by atoms with Crippen LogP contribution in [0.4, 0.5) is 5.69 Å². The highest BCUT2D eigenvalue weighted by molar-refractivity contribution is 9.10. The Hall–Kier alpha value is -2.88. The Labute approximate surface area is 244 Å². The van der Waals surface area contributed by atoms with Crippen molar-refractivity contribution in [2.75, 3.05) is 17.1 Å². The van der Waals surface area contributed by atoms with Gasteiger partial charge in [-0.05, 0) is 54.8 Å². The maximum atomic E-state index is 14.0. The molecule has 208 valence electrons. The third-order valence-corrected chi connectivity index (χ3v) is 8.22. The van der Waals surface area contributed by atoms with E-state index < -0.39 is 28.5 Å². The van der Waals surface area contributed by atoms with Gasteiger partial charge in [0, 0.05) is 28.5 Å². The van der Waals surface area contributed by atoms with Gasteiger partial charge in [-0.3, -0.25) is 13.9 Å². The van der Waals surface area contributed by atoms with Crippen molar-refractivity contribution in [3.8, 4) is 0 Å². The number of anilines is 1. The first-order chi connectivity index (χ1) is 18.5. The number of sulfonamides is 1. The summed E-state index contributed by atoms with van der Waals surface area (Å²) in [7, 11) is -3.85. The molecule has 0 aliphatic heterocycles. The Kier molecular flexibility index (Phi) is 11.0. The monoisotopic (exact) mass is 633 g/mol. The Bertz CT molecular complexity index is 1370. The minimum atomic E-state index is -3.85. The molecule has 0 heterocycles. The molecule has 7 nitrogen and oxygen atoms in total. The maximum Gasteiger partial charge on any atom is 0.244 e. The van der Waals surface area contributed by atoms with Crippen molar-refractivity contribution in [2.45, 2.75) is 45.3 Å². The van der Waals surface area contributed by atoms with Crippen molar-refractivity contribution in [3.05, 3.63) is 99.5 Å². The van der Waals surface area contributed by atoms with Gasteiger partial charge in [0.1, 0.15) is 12.6 Å². The molecule has 3 rings (SSSR count). The van der Waals surface area contributed by atoms with E-state index in [1.165, 1.54) is 11.0 Å². The number of carbonyl (C=O) groups is 2. The molecule has 0 saturated carbocycles. The molecular weight excluding hydrogens is 602 g/mol. The number of hydrogen-bond acceptors (Lipinski definition) is 4. The summed E-state index contributed by atoms with van der Waals surface area (Å²) in [5.41, 5.74) is 1.95. The van der Waals surface area contributed by atoms with Crippen LogP contribution in [0.5, 0.6) is 0 Å². The number of benzene rings is 3. The quantitative estimate of drug-likeness (QED) is 0.288. The lowest BCUT2D eigenvalue weighted by atomic mass is 10.0. The third-order valence-electron chi connectivity index (χ3n) is 6.31. The van der Waals surface area contributed by atoms with Gasteiger partial charge in [0.2, 0.25) is 21.8 Å². The van der Waals surface area contributed by atoms with E-state index in [4.69, 9.17) is 11.6 Å². The number of carbonyl (C=O) groups excluding carboxylic acids is 2. The average molecular weight is 635 g/mol. The SMILES string of the molecule is CC[C@H](C)NC(=O)[C@H](Cc1ccccc1)N(Cc1ccc(Br)cc1)C(=O)CN(c1cccc(Cl)c1)S(C)(=O)=O. The van der Waals surface area contributed by atoms with Crippen LogP contribution in [0.1, 0.15) is 31.4 Å². The first kappa shape index (κ1) is 30.7. The molecule has 0 aliphatic carbocycles. The van der Waals surface area contributed by atoms with Crippen LogP contribution < -0.4 is 9.62 Å². The third kappa shape index (κ3) is 9.08. The van der Waals surface area contributed by atoms with Crippen LogP contribution in [0.3, 0.4) is 0 Å². The highest BCUT2D eigenvalue weighted by Crippen LogP contribution is 2.23. The van der Waals surface area contributed by atoms with Crippen LogP contribution in [0.25, 0.3) is 0 Å². The number of hydrogen-bond donors (Lipinski definition) is 1. The summed E-state index contributed by atoms with van der Waals surface area (Å²) >= 11 is 9.56. The van der Waals surface area contributed by atoms with E-state index in [1.54, 1.807) is 18.2 Å². The van der Waals surface area contributed by atoms with Crippen LogP contribution in [0.15, 0.2) is 83.3 Å². The summed E-state index contributed by atoms with van der Waals surface area (Å²) in [5, 5.41) is 3.36. The standard InChI is InChI=1S/C29H33BrClN3O4S/c1-4-21(2)32-29(36)27(17-22-9-6-5-7-10-22)33(19-23-13-15-24(30)16-14-23)28(35)20-34(39(3,37)38)26-12-8-11-25(31)18-26/h5-16,18,21,27H,4,17,19-20H2,1-3H3,(H,32,36)/t21-,27-/m0/s1. The zero-order valence-electron chi connectivity index (χ0n) is 22.2. The lowest BCUT2D eigenvalue weighted by Gasteiger charge is -2.34. The Morgan fingerprint density at radius 2 is 1.64 bits per heavy atom. The highest BCUT2D eigenvalue weighted by atomic mass is 79.9. The Morgan fingerprint density at radius 3 is 2.23 bits per heavy atom. The van der Waals surface area contributed by atoms with Crippen LogP contribution in [-0.2, 0) is 32.6 Å². The highest BCUT2D eigenvalue weighted by Gasteiger charge is 2.33. The fourth-order valence-corrected chi connectivity index (χ4v) is 5.32. The number of nitrogens with zero attached hydrogens (tertiary/aromatic N) is 2. The second-order valence-electron chi connectivity index (χ2n) is 9.42. The summed E-state index contributed by atoms with van der Waals surface area (Å²) in [6.45, 7) is 3.50. The smallest absolute Gasteiger partial charge is 0.244 e. The molecule has 2 amide bonds. The van der Waals surface area contributed by atoms with Crippen molar-refractivity contribution in [2.24, 2.45) is 0 Å². The van der Waals surface area contributed by atoms with E-state index in [0.717, 1.165) is 32.6 Å². The topological polar surface area (TPSA) is 86.8 Å². The fraction of sp³-hybridized carbons (Fsp3) is 0.310. The summed E-state index contributed by atoms with van der Waals surface area (Å²) in [6.07, 6.45) is 2.03. The molecule has 0 radical (unpaired) electrons. The zero-order valence-corrected chi connectivity index (χ0v) is 25.3. The van der Waals surface area contributed by atoms with Gasteiger partial charge in [-0.2, -0.15) is 0 Å². The predicted octanol–water partition coefficient (Wildman–Crippen LogP) is 5.42. The van der Waals surface area contributed by atoms with Crippen molar-refractivity contribution in [1.82, 2.24) is 10.2 Å². The number of nitrogens with one attached hydrogen (secondary N) is 1. The Balaban J connectivity index is 2.05. The number of amides is 2. The first-order valence-corrected chi connectivity index (χ1v) is 15.6. The lowest BCUT2D eigenvalue weighted by Crippen LogP contribution is -2.54. The van der Waals surface area contributed by atoms with Crippen LogP contribution in [0, 0.1) is 0 Å². The molecule has 3 aromatic rings. The van der Waals surface area contributed by atoms with E-state index in [9.17, 15) is 18.0 Å². The van der Waals surface area contributed by atoms with Gasteiger partial charge in [-0.25, -0.2) is 8.42 Å². The van der Waals surface area contributed by atoms with E-state index in [1.807, 2.05) is 68.4 Å². The molecule has 0 aromatic heterocycles. The van der Waals surface area contributed by atoms with E-state index in [-0.39, 0.29) is 30.6 Å². The van der Waals surface area contributed by atoms with Crippen molar-refractivity contribution in [1.29, 1.82) is 0 Å². The van der Waals surface area contributed by atoms with E-state index in [2.05, 4.69) is 21.2 Å². The Morgan fingerprint density at radius 1 is 0.974 bits per heavy atom. The van der Waals surface area contributed by atoms with E-state index >= 15 is 0 Å². The molecule has 3 aromatic carbocycles. The summed E-state index contributed by atoms with van der Waals surface area (Å²) < 4.78 is 27.5. The van der Waals surface area contributed by atoms with Gasteiger partial charge in [0.15, 0.2) is 0 Å². The van der Waals surface area contributed by atoms with Gasteiger partial charge < -0.3 is 10.2 Å². The zero-order chi connectivity index (χ0) is 28.6. The molecule has 0 aliphatic rings. The molecule has 0 saturated heterocycles. The number of halogens is 2. The molecule has 0 spiro atoms. The molecule has 39 heavy (non-hydrogen) atoms. The summed E-state index contributed by atoms with van der Waals surface area (Å²) in [4.78, 5) is 29.1. The van der Waals surface area contributed by atoms with Crippen LogP contribution in [0.2, 0.25) is 5.02 Å². The van der Waals surface area contributed by atoms with E-state index in [0.29, 0.717) is 5.02 Å². The lowest BCUT2D eigenvalue weighted by molar-refractivity contribution is -0.140. The number of rotatable bonds is 12. The van der Waals surface area contributed by atoms with Gasteiger partial charge in [0.05, 0.1) is 11.9 Å². The van der Waals surface area contributed by atoms with Gasteiger partial charge in [-0.1, -0.05) is 83.0 Å². The predicted molar refractivity (Wildman–Crippen MR) is 160 cm³/mol. The van der Waals surface area contributed by atoms with Crippen LogP contribution >= 0.6 is 27.5 Å². The second kappa shape index (κ2) is 14.0. The minimum absolute atomic E-state index is 0.0978. The van der Waals surface area contributed by atoms with Gasteiger partial charge in [-0.15, -0.1) is 0 Å². The summed E-state index contributed by atoms with van der Waals surface area (Å²) in [5.74, 6) is -0.809. The van der Waals surface area contributed by atoms with Crippen molar-refractivity contribution >= 4 is 55.1 Å². The second-order valence-corrected chi connectivity index (χ2v) is 12.7. The molecular formula is C29H33BrClN3O4S. The minimum Gasteiger partial charge on any atom is -0.352 e.